The minimum Gasteiger partial charge on any atom is -0.461 e. The fourth-order valence-electron chi connectivity index (χ4n) is 6.34. The third kappa shape index (κ3) is 5.68. The normalized spacial score (nSPS) is 33.2. The Morgan fingerprint density at radius 3 is 2.57 bits per heavy atom. The van der Waals surface area contributed by atoms with Crippen LogP contribution >= 0.6 is 0 Å². The predicted molar refractivity (Wildman–Crippen MR) is 122 cm³/mol. The summed E-state index contributed by atoms with van der Waals surface area (Å²) in [6, 6.07) is 0. The summed E-state index contributed by atoms with van der Waals surface area (Å²) >= 11 is 0. The van der Waals surface area contributed by atoms with Crippen molar-refractivity contribution in [3.63, 3.8) is 0 Å². The summed E-state index contributed by atoms with van der Waals surface area (Å²) in [5.41, 5.74) is 1.89. The van der Waals surface area contributed by atoms with Crippen LogP contribution in [-0.2, 0) is 9.53 Å². The zero-order chi connectivity index (χ0) is 21.6. The van der Waals surface area contributed by atoms with Crippen LogP contribution in [0.3, 0.4) is 0 Å². The first-order valence-corrected chi connectivity index (χ1v) is 13.1. The quantitative estimate of drug-likeness (QED) is 0.290. The molecule has 0 aromatic rings. The summed E-state index contributed by atoms with van der Waals surface area (Å²) in [5.74, 6) is 1.11. The summed E-state index contributed by atoms with van der Waals surface area (Å²) in [6.45, 7) is 15.3. The molecule has 0 spiro atoms. The van der Waals surface area contributed by atoms with Gasteiger partial charge in [0.2, 0.25) is 0 Å². The Labute approximate surface area is 185 Å². The molecular weight excluding hydrogens is 372 g/mol. The lowest BCUT2D eigenvalue weighted by Gasteiger charge is -2.45. The van der Waals surface area contributed by atoms with Crippen molar-refractivity contribution >= 4 is 5.97 Å². The minimum atomic E-state index is 0.0600. The zero-order valence-corrected chi connectivity index (χ0v) is 20.2. The molecule has 4 nitrogen and oxygen atoms in total. The number of ether oxygens (including phenoxy) is 1. The van der Waals surface area contributed by atoms with E-state index in [-0.39, 0.29) is 23.4 Å². The van der Waals surface area contributed by atoms with Crippen molar-refractivity contribution in [1.82, 2.24) is 0 Å². The highest BCUT2D eigenvalue weighted by Gasteiger charge is 2.52. The molecule has 2 fully saturated rings. The van der Waals surface area contributed by atoms with Gasteiger partial charge in [0.25, 0.3) is 0 Å². The highest BCUT2D eigenvalue weighted by Crippen LogP contribution is 2.53. The first kappa shape index (κ1) is 23.8. The number of esters is 1. The molecule has 30 heavy (non-hydrogen) atoms. The molecule has 1 aliphatic heterocycles. The van der Waals surface area contributed by atoms with Crippen LogP contribution in [0.2, 0.25) is 0 Å². The summed E-state index contributed by atoms with van der Waals surface area (Å²) < 4.78 is 5.90. The second kappa shape index (κ2) is 11.1. The van der Waals surface area contributed by atoms with Gasteiger partial charge in [0, 0.05) is 12.3 Å². The van der Waals surface area contributed by atoms with E-state index in [1.807, 2.05) is 0 Å². The van der Waals surface area contributed by atoms with Gasteiger partial charge in [-0.15, -0.1) is 0 Å². The molecule has 3 aliphatic rings. The first-order chi connectivity index (χ1) is 14.5. The molecule has 3 N–H and O–H groups in total. The van der Waals surface area contributed by atoms with E-state index in [2.05, 4.69) is 39.1 Å². The summed E-state index contributed by atoms with van der Waals surface area (Å²) in [6.07, 6.45) is 14.0. The third-order valence-electron chi connectivity index (χ3n) is 8.21. The summed E-state index contributed by atoms with van der Waals surface area (Å²) in [4.78, 5) is 14.4. The number of nitrogens with two attached hydrogens (primary N) is 1. The number of fused-ring (bicyclic) bond motifs is 2. The summed E-state index contributed by atoms with van der Waals surface area (Å²) in [5, 5.41) is 2.39. The average Bonchev–Trinajstić information content (AvgIpc) is 3.01. The molecule has 2 aliphatic carbocycles. The van der Waals surface area contributed by atoms with Crippen molar-refractivity contribution in [2.24, 2.45) is 23.2 Å². The second-order valence-electron chi connectivity index (χ2n) is 10.7. The first-order valence-electron chi connectivity index (χ1n) is 13.1. The number of quaternary nitrogens is 2. The number of hydrogen-bond donors (Lipinski definition) is 2. The van der Waals surface area contributed by atoms with Gasteiger partial charge in [0.1, 0.15) is 12.0 Å². The molecule has 0 aromatic heterocycles. The van der Waals surface area contributed by atoms with Crippen LogP contribution in [0.15, 0.2) is 11.6 Å². The van der Waals surface area contributed by atoms with Crippen molar-refractivity contribution in [1.29, 1.82) is 0 Å². The fraction of sp³-hybridized carbons (Fsp3) is 0.885. The molecule has 5 atom stereocenters. The molecular formula is C26H48N2O2+2. The molecule has 0 unspecified atom stereocenters. The standard InChI is InChI=1S/C26H46N2O2/c1-5-7-14-28(15-8-6-2)16-10-13-27-19-22-21-17-23-20(3)11-9-12-26(23,4)18-24(21)30-25(22)29/h17,20-22,24,27H,5-16,18-19H2,1-4H3/p+2/t20-,21-,22+,24+,26+/m1/s1. The number of allylic oxidation sites excluding steroid dienone is 1. The topological polar surface area (TPSA) is 47.4 Å². The number of rotatable bonds is 12. The Balaban J connectivity index is 1.48. The maximum absolute atomic E-state index is 12.7. The van der Waals surface area contributed by atoms with E-state index >= 15 is 0 Å². The van der Waals surface area contributed by atoms with E-state index in [1.165, 1.54) is 71.0 Å². The number of nitrogens with one attached hydrogen (secondary N) is 1. The monoisotopic (exact) mass is 420 g/mol. The maximum atomic E-state index is 12.7. The van der Waals surface area contributed by atoms with Crippen molar-refractivity contribution in [3.8, 4) is 0 Å². The molecule has 172 valence electrons. The molecule has 0 radical (unpaired) electrons. The molecule has 1 saturated heterocycles. The van der Waals surface area contributed by atoms with Crippen molar-refractivity contribution in [2.45, 2.75) is 91.6 Å². The van der Waals surface area contributed by atoms with Crippen LogP contribution in [0.4, 0.5) is 0 Å². The maximum Gasteiger partial charge on any atom is 0.315 e. The lowest BCUT2D eigenvalue weighted by Crippen LogP contribution is -3.12. The highest BCUT2D eigenvalue weighted by atomic mass is 16.6. The van der Waals surface area contributed by atoms with Crippen LogP contribution < -0.4 is 10.2 Å². The van der Waals surface area contributed by atoms with Gasteiger partial charge in [-0.05, 0) is 43.4 Å². The van der Waals surface area contributed by atoms with Gasteiger partial charge in [-0.2, -0.15) is 0 Å². The van der Waals surface area contributed by atoms with E-state index in [9.17, 15) is 4.79 Å². The van der Waals surface area contributed by atoms with Crippen molar-refractivity contribution in [2.75, 3.05) is 32.7 Å². The average molecular weight is 421 g/mol. The molecule has 0 aromatic carbocycles. The van der Waals surface area contributed by atoms with Gasteiger partial charge >= 0.3 is 5.97 Å². The van der Waals surface area contributed by atoms with Gasteiger partial charge in [-0.3, -0.25) is 4.79 Å². The second-order valence-corrected chi connectivity index (χ2v) is 10.7. The SMILES string of the molecule is CCCC[NH+](CCCC)CCC[NH2+]C[C@@H]1C(=O)O[C@H]2C[C@]3(C)CCC[C@@H](C)C3=C[C@@H]21. The van der Waals surface area contributed by atoms with Gasteiger partial charge in [-0.25, -0.2) is 0 Å². The minimum absolute atomic E-state index is 0.0600. The lowest BCUT2D eigenvalue weighted by atomic mass is 9.59. The van der Waals surface area contributed by atoms with Crippen LogP contribution in [0.5, 0.6) is 0 Å². The number of hydrogen-bond acceptors (Lipinski definition) is 2. The van der Waals surface area contributed by atoms with Gasteiger partial charge in [0.15, 0.2) is 0 Å². The van der Waals surface area contributed by atoms with Gasteiger partial charge < -0.3 is 15.0 Å². The number of unbranched alkanes of at least 4 members (excludes halogenated alkanes) is 2. The van der Waals surface area contributed by atoms with Gasteiger partial charge in [0.05, 0.1) is 32.7 Å². The molecule has 0 amide bonds. The fourth-order valence-corrected chi connectivity index (χ4v) is 6.34. The lowest BCUT2D eigenvalue weighted by molar-refractivity contribution is -0.902. The molecule has 1 heterocycles. The van der Waals surface area contributed by atoms with E-state index < -0.39 is 0 Å². The van der Waals surface area contributed by atoms with Crippen LogP contribution in [0.1, 0.15) is 85.5 Å². The Morgan fingerprint density at radius 1 is 1.17 bits per heavy atom. The van der Waals surface area contributed by atoms with Crippen molar-refractivity contribution in [3.05, 3.63) is 11.6 Å². The number of carbonyl (C=O) groups is 1. The Bertz CT molecular complexity index is 582. The van der Waals surface area contributed by atoms with E-state index in [1.54, 1.807) is 10.5 Å². The Morgan fingerprint density at radius 2 is 1.87 bits per heavy atom. The molecule has 3 rings (SSSR count). The third-order valence-corrected chi connectivity index (χ3v) is 8.21. The smallest absolute Gasteiger partial charge is 0.315 e. The van der Waals surface area contributed by atoms with E-state index in [4.69, 9.17) is 4.74 Å². The molecule has 0 bridgehead atoms. The van der Waals surface area contributed by atoms with Crippen LogP contribution in [-0.4, -0.2) is 44.8 Å². The molecule has 4 heteroatoms. The summed E-state index contributed by atoms with van der Waals surface area (Å²) in [7, 11) is 0. The van der Waals surface area contributed by atoms with E-state index in [0.717, 1.165) is 19.5 Å². The Hall–Kier alpha value is -0.870. The van der Waals surface area contributed by atoms with Crippen LogP contribution in [0, 0.1) is 23.2 Å². The van der Waals surface area contributed by atoms with E-state index in [0.29, 0.717) is 11.8 Å². The Kier molecular flexibility index (Phi) is 8.82. The van der Waals surface area contributed by atoms with Gasteiger partial charge in [-0.1, -0.05) is 58.6 Å². The van der Waals surface area contributed by atoms with Crippen molar-refractivity contribution < 1.29 is 19.7 Å². The largest absolute Gasteiger partial charge is 0.461 e. The highest BCUT2D eigenvalue weighted by molar-refractivity contribution is 5.76. The van der Waals surface area contributed by atoms with Crippen LogP contribution in [0.25, 0.3) is 0 Å². The predicted octanol–water partition coefficient (Wildman–Crippen LogP) is 2.74. The molecule has 1 saturated carbocycles. The number of carbonyl (C=O) groups excluding carboxylic acids is 1. The zero-order valence-electron chi connectivity index (χ0n) is 20.2.